The van der Waals surface area contributed by atoms with Crippen LogP contribution in [0, 0.1) is 11.8 Å². The molecule has 27 heavy (non-hydrogen) atoms. The summed E-state index contributed by atoms with van der Waals surface area (Å²) in [5.41, 5.74) is 2.72. The first-order valence-corrected chi connectivity index (χ1v) is 11.5. The lowest BCUT2D eigenvalue weighted by molar-refractivity contribution is 0.120. The molecule has 0 spiro atoms. The van der Waals surface area contributed by atoms with Gasteiger partial charge in [-0.1, -0.05) is 56.2 Å². The van der Waals surface area contributed by atoms with Gasteiger partial charge < -0.3 is 15.3 Å². The summed E-state index contributed by atoms with van der Waals surface area (Å²) < 4.78 is 0. The van der Waals surface area contributed by atoms with Crippen LogP contribution in [0.25, 0.3) is 0 Å². The summed E-state index contributed by atoms with van der Waals surface area (Å²) in [6.45, 7) is 2.19. The highest BCUT2D eigenvalue weighted by Crippen LogP contribution is 2.39. The highest BCUT2D eigenvalue weighted by atomic mass is 32.2. The molecule has 4 heteroatoms. The van der Waals surface area contributed by atoms with Crippen LogP contribution in [0.3, 0.4) is 0 Å². The number of hydrogen-bond acceptors (Lipinski definition) is 4. The minimum absolute atomic E-state index is 0.00857. The number of hydrogen-bond donors (Lipinski definition) is 3. The minimum Gasteiger partial charge on any atom is -0.393 e. The van der Waals surface area contributed by atoms with Crippen LogP contribution in [-0.4, -0.2) is 44.6 Å². The van der Waals surface area contributed by atoms with Crippen LogP contribution in [0.15, 0.2) is 36.4 Å². The van der Waals surface area contributed by atoms with E-state index in [-0.39, 0.29) is 23.2 Å². The first-order chi connectivity index (χ1) is 13.1. The number of unbranched alkanes of at least 4 members (excludes halogenated alkanes) is 2. The molecule has 1 saturated carbocycles. The van der Waals surface area contributed by atoms with Gasteiger partial charge in [-0.3, -0.25) is 0 Å². The van der Waals surface area contributed by atoms with E-state index in [1.165, 1.54) is 24.0 Å². The Morgan fingerprint density at radius 1 is 1.11 bits per heavy atom. The molecule has 3 N–H and O–H groups in total. The lowest BCUT2D eigenvalue weighted by Gasteiger charge is -2.25. The first-order valence-electron chi connectivity index (χ1n) is 10.5. The van der Waals surface area contributed by atoms with Crippen molar-refractivity contribution in [2.45, 2.75) is 75.4 Å². The van der Waals surface area contributed by atoms with Gasteiger partial charge in [0.1, 0.15) is 0 Å². The quantitative estimate of drug-likeness (QED) is 0.444. The molecule has 5 atom stereocenters. The number of thioether (sulfide) groups is 1. The molecule has 1 aromatic carbocycles. The van der Waals surface area contributed by atoms with Crippen LogP contribution in [0.5, 0.6) is 0 Å². The van der Waals surface area contributed by atoms with Crippen molar-refractivity contribution in [3.8, 4) is 0 Å². The van der Waals surface area contributed by atoms with E-state index in [9.17, 15) is 15.3 Å². The molecular weight excluding hydrogens is 356 g/mol. The zero-order chi connectivity index (χ0) is 19.2. The fourth-order valence-corrected chi connectivity index (χ4v) is 6.05. The smallest absolute Gasteiger partial charge is 0.0687 e. The van der Waals surface area contributed by atoms with Crippen molar-refractivity contribution in [3.63, 3.8) is 0 Å². The number of aliphatic hydroxyl groups excluding tert-OH is 3. The molecule has 1 aromatic rings. The van der Waals surface area contributed by atoms with E-state index in [4.69, 9.17) is 0 Å². The van der Waals surface area contributed by atoms with Crippen molar-refractivity contribution in [1.29, 1.82) is 0 Å². The third-order valence-corrected chi connectivity index (χ3v) is 7.75. The molecule has 0 aromatic heterocycles. The van der Waals surface area contributed by atoms with Crippen LogP contribution in [0.4, 0.5) is 0 Å². The van der Waals surface area contributed by atoms with Gasteiger partial charge in [0.25, 0.3) is 0 Å². The van der Waals surface area contributed by atoms with Crippen LogP contribution in [0.1, 0.15) is 50.2 Å². The molecule has 0 unspecified atom stereocenters. The molecule has 0 saturated heterocycles. The van der Waals surface area contributed by atoms with Gasteiger partial charge in [-0.15, -0.1) is 0 Å². The summed E-state index contributed by atoms with van der Waals surface area (Å²) in [4.78, 5) is 0. The van der Waals surface area contributed by atoms with Gasteiger partial charge in [-0.2, -0.15) is 11.8 Å². The number of aliphatic hydroxyl groups is 3. The molecule has 0 radical (unpaired) electrons. The van der Waals surface area contributed by atoms with Crippen molar-refractivity contribution >= 4 is 11.8 Å². The molecule has 0 amide bonds. The van der Waals surface area contributed by atoms with E-state index in [0.29, 0.717) is 12.2 Å². The monoisotopic (exact) mass is 390 g/mol. The number of benzene rings is 1. The Morgan fingerprint density at radius 3 is 2.48 bits per heavy atom. The summed E-state index contributed by atoms with van der Waals surface area (Å²) in [6, 6.07) is 8.45. The Hall–Kier alpha value is -0.810. The molecule has 0 bridgehead atoms. The number of rotatable bonds is 9. The van der Waals surface area contributed by atoms with Crippen LogP contribution < -0.4 is 0 Å². The number of fused-ring (bicyclic) bond motifs is 1. The standard InChI is InChI=1S/C23H34O3S/c1-2-3-4-5-6-11-19-20(24)14-21(25)23(19)27-15-22(26)18-12-16-9-7-8-10-17(16)13-18/h5-10,18-26H,2-4,11-15H2,1H3/b6-5-/t19-,20-,21+,22+,23+/m0/s1. The van der Waals surface area contributed by atoms with Gasteiger partial charge in [0.2, 0.25) is 0 Å². The fourth-order valence-electron chi connectivity index (χ4n) is 4.49. The Balaban J connectivity index is 1.50. The van der Waals surface area contributed by atoms with Crippen molar-refractivity contribution in [2.24, 2.45) is 11.8 Å². The summed E-state index contributed by atoms with van der Waals surface area (Å²) in [7, 11) is 0. The van der Waals surface area contributed by atoms with Gasteiger partial charge in [0.05, 0.1) is 18.3 Å². The van der Waals surface area contributed by atoms with Gasteiger partial charge in [-0.05, 0) is 42.7 Å². The fraction of sp³-hybridized carbons (Fsp3) is 0.652. The molecule has 0 aliphatic heterocycles. The molecule has 1 fully saturated rings. The third kappa shape index (κ3) is 5.38. The molecular formula is C23H34O3S. The summed E-state index contributed by atoms with van der Waals surface area (Å²) in [5, 5.41) is 31.5. The Morgan fingerprint density at radius 2 is 1.81 bits per heavy atom. The average Bonchev–Trinajstić information content (AvgIpc) is 3.20. The van der Waals surface area contributed by atoms with Crippen LogP contribution >= 0.6 is 11.8 Å². The predicted molar refractivity (Wildman–Crippen MR) is 113 cm³/mol. The summed E-state index contributed by atoms with van der Waals surface area (Å²) in [5.74, 6) is 0.977. The molecule has 3 rings (SSSR count). The molecule has 2 aliphatic rings. The average molecular weight is 391 g/mol. The van der Waals surface area contributed by atoms with E-state index in [2.05, 4.69) is 43.3 Å². The highest BCUT2D eigenvalue weighted by molar-refractivity contribution is 8.00. The Labute approximate surface area is 167 Å². The lowest BCUT2D eigenvalue weighted by atomic mass is 10.0. The lowest BCUT2D eigenvalue weighted by Crippen LogP contribution is -2.29. The zero-order valence-electron chi connectivity index (χ0n) is 16.3. The summed E-state index contributed by atoms with van der Waals surface area (Å²) in [6.07, 6.45) is 9.70. The van der Waals surface area contributed by atoms with E-state index in [1.54, 1.807) is 11.8 Å². The first kappa shape index (κ1) is 20.9. The SMILES string of the molecule is CCCC/C=C\C[C@@H]1[C@@H](SC[C@@H](O)C2Cc3ccccc3C2)[C@H](O)C[C@@H]1O. The molecule has 2 aliphatic carbocycles. The normalized spacial score (nSPS) is 29.5. The minimum atomic E-state index is -0.480. The second-order valence-electron chi connectivity index (χ2n) is 8.19. The van der Waals surface area contributed by atoms with E-state index < -0.39 is 12.2 Å². The predicted octanol–water partition coefficient (Wildman–Crippen LogP) is 3.74. The van der Waals surface area contributed by atoms with Gasteiger partial charge in [0.15, 0.2) is 0 Å². The van der Waals surface area contributed by atoms with Crippen molar-refractivity contribution in [3.05, 3.63) is 47.5 Å². The second-order valence-corrected chi connectivity index (χ2v) is 9.40. The van der Waals surface area contributed by atoms with Gasteiger partial charge >= 0.3 is 0 Å². The molecule has 0 heterocycles. The van der Waals surface area contributed by atoms with Crippen molar-refractivity contribution < 1.29 is 15.3 Å². The third-order valence-electron chi connectivity index (χ3n) is 6.16. The maximum absolute atomic E-state index is 10.7. The Kier molecular flexibility index (Phi) is 7.83. The summed E-state index contributed by atoms with van der Waals surface area (Å²) >= 11 is 1.65. The zero-order valence-corrected chi connectivity index (χ0v) is 17.2. The van der Waals surface area contributed by atoms with E-state index >= 15 is 0 Å². The number of allylic oxidation sites excluding steroid dienone is 2. The molecule has 150 valence electrons. The highest BCUT2D eigenvalue weighted by Gasteiger charge is 2.41. The van der Waals surface area contributed by atoms with Crippen molar-refractivity contribution in [1.82, 2.24) is 0 Å². The van der Waals surface area contributed by atoms with E-state index in [0.717, 1.165) is 25.7 Å². The maximum atomic E-state index is 10.7. The molecule has 3 nitrogen and oxygen atoms in total. The Bertz CT molecular complexity index is 592. The van der Waals surface area contributed by atoms with Crippen molar-refractivity contribution in [2.75, 3.05) is 5.75 Å². The van der Waals surface area contributed by atoms with Gasteiger partial charge in [0, 0.05) is 23.3 Å². The van der Waals surface area contributed by atoms with Crippen LogP contribution in [0.2, 0.25) is 0 Å². The second kappa shape index (κ2) is 10.1. The van der Waals surface area contributed by atoms with E-state index in [1.807, 2.05) is 0 Å². The van der Waals surface area contributed by atoms with Crippen LogP contribution in [-0.2, 0) is 12.8 Å². The maximum Gasteiger partial charge on any atom is 0.0687 e. The largest absolute Gasteiger partial charge is 0.393 e. The van der Waals surface area contributed by atoms with Gasteiger partial charge in [-0.25, -0.2) is 0 Å². The topological polar surface area (TPSA) is 60.7 Å².